The Balaban J connectivity index is 1.62. The highest BCUT2D eigenvalue weighted by atomic mass is 35.5. The lowest BCUT2D eigenvalue weighted by atomic mass is 10.2. The predicted molar refractivity (Wildman–Crippen MR) is 105 cm³/mol. The van der Waals surface area contributed by atoms with Crippen LogP contribution in [0.2, 0.25) is 5.02 Å². The van der Waals surface area contributed by atoms with Crippen LogP contribution in [0.5, 0.6) is 0 Å². The van der Waals surface area contributed by atoms with E-state index in [1.54, 1.807) is 0 Å². The summed E-state index contributed by atoms with van der Waals surface area (Å²) in [5, 5.41) is 12.8. The molecule has 0 aliphatic rings. The second-order valence-electron chi connectivity index (χ2n) is 5.48. The number of amides is 1. The zero-order valence-electron chi connectivity index (χ0n) is 13.7. The van der Waals surface area contributed by atoms with Gasteiger partial charge < -0.3 is 0 Å². The molecule has 7 heteroatoms. The van der Waals surface area contributed by atoms with Crippen LogP contribution < -0.4 is 5.32 Å². The van der Waals surface area contributed by atoms with Gasteiger partial charge in [-0.3, -0.25) is 10.1 Å². The van der Waals surface area contributed by atoms with Crippen molar-refractivity contribution >= 4 is 45.7 Å². The maximum atomic E-state index is 12.4. The predicted octanol–water partition coefficient (Wildman–Crippen LogP) is 5.29. The van der Waals surface area contributed by atoms with Crippen molar-refractivity contribution in [1.29, 1.82) is 0 Å². The molecule has 0 spiro atoms. The molecule has 0 fully saturated rings. The first-order chi connectivity index (χ1) is 12.0. The van der Waals surface area contributed by atoms with Gasteiger partial charge in [0.15, 0.2) is 0 Å². The second kappa shape index (κ2) is 7.99. The summed E-state index contributed by atoms with van der Waals surface area (Å²) in [6, 6.07) is 15.5. The third-order valence-electron chi connectivity index (χ3n) is 3.45. The molecule has 4 nitrogen and oxygen atoms in total. The highest BCUT2D eigenvalue weighted by Crippen LogP contribution is 2.28. The summed E-state index contributed by atoms with van der Waals surface area (Å²) in [6.45, 7) is 3.89. The SMILES string of the molecule is Cc1ccc(-c2nnc(NC(=O)[C@@H](C)Sc3ccc(Cl)cc3)s2)cc1. The average Bonchev–Trinajstić information content (AvgIpc) is 3.06. The summed E-state index contributed by atoms with van der Waals surface area (Å²) in [6.07, 6.45) is 0. The van der Waals surface area contributed by atoms with E-state index in [2.05, 4.69) is 15.5 Å². The van der Waals surface area contributed by atoms with Gasteiger partial charge in [-0.1, -0.05) is 52.8 Å². The molecule has 0 aliphatic heterocycles. The average molecular weight is 390 g/mol. The molecular formula is C18H16ClN3OS2. The van der Waals surface area contributed by atoms with Gasteiger partial charge in [0.1, 0.15) is 5.01 Å². The first-order valence-electron chi connectivity index (χ1n) is 7.65. The Morgan fingerprint density at radius 2 is 1.80 bits per heavy atom. The molecule has 0 unspecified atom stereocenters. The number of carbonyl (C=O) groups excluding carboxylic acids is 1. The van der Waals surface area contributed by atoms with E-state index in [1.165, 1.54) is 28.7 Å². The molecule has 1 heterocycles. The van der Waals surface area contributed by atoms with Gasteiger partial charge in [0, 0.05) is 15.5 Å². The van der Waals surface area contributed by atoms with Crippen LogP contribution in [0.15, 0.2) is 53.4 Å². The van der Waals surface area contributed by atoms with Crippen molar-refractivity contribution < 1.29 is 4.79 Å². The van der Waals surface area contributed by atoms with Crippen LogP contribution in [-0.2, 0) is 4.79 Å². The number of nitrogens with zero attached hydrogens (tertiary/aromatic N) is 2. The zero-order valence-corrected chi connectivity index (χ0v) is 16.1. The molecule has 2 aromatic carbocycles. The molecule has 1 aromatic heterocycles. The van der Waals surface area contributed by atoms with Crippen molar-refractivity contribution in [3.05, 3.63) is 59.1 Å². The number of benzene rings is 2. The minimum Gasteiger partial charge on any atom is -0.300 e. The Hall–Kier alpha value is -1.89. The van der Waals surface area contributed by atoms with Crippen molar-refractivity contribution in [1.82, 2.24) is 10.2 Å². The van der Waals surface area contributed by atoms with Crippen molar-refractivity contribution in [2.45, 2.75) is 24.0 Å². The Bertz CT molecular complexity index is 863. The molecule has 1 atom stereocenters. The lowest BCUT2D eigenvalue weighted by Crippen LogP contribution is -2.22. The topological polar surface area (TPSA) is 54.9 Å². The zero-order chi connectivity index (χ0) is 17.8. The maximum absolute atomic E-state index is 12.4. The normalized spacial score (nSPS) is 12.0. The van der Waals surface area contributed by atoms with E-state index in [9.17, 15) is 4.79 Å². The Labute approximate surface area is 159 Å². The van der Waals surface area contributed by atoms with Gasteiger partial charge in [-0.2, -0.15) is 0 Å². The summed E-state index contributed by atoms with van der Waals surface area (Å²) >= 11 is 8.71. The molecule has 0 aliphatic carbocycles. The number of aryl methyl sites for hydroxylation is 1. The van der Waals surface area contributed by atoms with Crippen LogP contribution in [0.1, 0.15) is 12.5 Å². The molecule has 1 N–H and O–H groups in total. The second-order valence-corrected chi connectivity index (χ2v) is 8.31. The number of nitrogens with one attached hydrogen (secondary N) is 1. The number of hydrogen-bond donors (Lipinski definition) is 1. The monoisotopic (exact) mass is 389 g/mol. The van der Waals surface area contributed by atoms with E-state index in [1.807, 2.05) is 62.4 Å². The number of aromatic nitrogens is 2. The van der Waals surface area contributed by atoms with E-state index < -0.39 is 0 Å². The third-order valence-corrected chi connectivity index (χ3v) is 5.70. The first-order valence-corrected chi connectivity index (χ1v) is 9.72. The standard InChI is InChI=1S/C18H16ClN3OS2/c1-11-3-5-13(6-4-11)17-21-22-18(25-17)20-16(23)12(2)24-15-9-7-14(19)8-10-15/h3-10,12H,1-2H3,(H,20,22,23)/t12-/m1/s1. The number of carbonyl (C=O) groups is 1. The van der Waals surface area contributed by atoms with E-state index in [0.717, 1.165) is 15.5 Å². The lowest BCUT2D eigenvalue weighted by molar-refractivity contribution is -0.115. The summed E-state index contributed by atoms with van der Waals surface area (Å²) in [4.78, 5) is 13.3. The fourth-order valence-corrected chi connectivity index (χ4v) is 3.81. The van der Waals surface area contributed by atoms with Gasteiger partial charge in [-0.25, -0.2) is 0 Å². The number of hydrogen-bond acceptors (Lipinski definition) is 5. The van der Waals surface area contributed by atoms with Crippen molar-refractivity contribution in [3.63, 3.8) is 0 Å². The number of halogens is 1. The smallest absolute Gasteiger partial charge is 0.239 e. The van der Waals surface area contributed by atoms with Crippen molar-refractivity contribution in [3.8, 4) is 10.6 Å². The maximum Gasteiger partial charge on any atom is 0.239 e. The van der Waals surface area contributed by atoms with E-state index in [-0.39, 0.29) is 11.2 Å². The Kier molecular flexibility index (Phi) is 5.73. The molecule has 25 heavy (non-hydrogen) atoms. The van der Waals surface area contributed by atoms with E-state index in [0.29, 0.717) is 10.2 Å². The molecule has 0 saturated heterocycles. The van der Waals surface area contributed by atoms with Crippen LogP contribution >= 0.6 is 34.7 Å². The van der Waals surface area contributed by atoms with Crippen LogP contribution in [0, 0.1) is 6.92 Å². The third kappa shape index (κ3) is 4.81. The molecule has 0 saturated carbocycles. The summed E-state index contributed by atoms with van der Waals surface area (Å²) < 4.78 is 0. The first kappa shape index (κ1) is 17.9. The van der Waals surface area contributed by atoms with Crippen LogP contribution in [-0.4, -0.2) is 21.4 Å². The number of rotatable bonds is 5. The molecule has 3 rings (SSSR count). The molecule has 128 valence electrons. The fourth-order valence-electron chi connectivity index (χ4n) is 2.06. The molecule has 3 aromatic rings. The highest BCUT2D eigenvalue weighted by Gasteiger charge is 2.17. The molecular weight excluding hydrogens is 374 g/mol. The van der Waals surface area contributed by atoms with Gasteiger partial charge in [-0.05, 0) is 38.1 Å². The number of anilines is 1. The van der Waals surface area contributed by atoms with Crippen molar-refractivity contribution in [2.75, 3.05) is 5.32 Å². The van der Waals surface area contributed by atoms with E-state index in [4.69, 9.17) is 11.6 Å². The van der Waals surface area contributed by atoms with Crippen LogP contribution in [0.3, 0.4) is 0 Å². The minimum absolute atomic E-state index is 0.105. The lowest BCUT2D eigenvalue weighted by Gasteiger charge is -2.10. The summed E-state index contributed by atoms with van der Waals surface area (Å²) in [5.74, 6) is -0.105. The van der Waals surface area contributed by atoms with Crippen molar-refractivity contribution in [2.24, 2.45) is 0 Å². The van der Waals surface area contributed by atoms with Gasteiger partial charge >= 0.3 is 0 Å². The van der Waals surface area contributed by atoms with Gasteiger partial charge in [0.2, 0.25) is 11.0 Å². The van der Waals surface area contributed by atoms with Crippen LogP contribution in [0.25, 0.3) is 10.6 Å². The molecule has 0 radical (unpaired) electrons. The Morgan fingerprint density at radius 1 is 1.12 bits per heavy atom. The largest absolute Gasteiger partial charge is 0.300 e. The minimum atomic E-state index is -0.257. The van der Waals surface area contributed by atoms with Gasteiger partial charge in [0.05, 0.1) is 5.25 Å². The fraction of sp³-hybridized carbons (Fsp3) is 0.167. The Morgan fingerprint density at radius 3 is 2.48 bits per heavy atom. The van der Waals surface area contributed by atoms with Crippen LogP contribution in [0.4, 0.5) is 5.13 Å². The quantitative estimate of drug-likeness (QED) is 0.602. The van der Waals surface area contributed by atoms with E-state index >= 15 is 0 Å². The highest BCUT2D eigenvalue weighted by molar-refractivity contribution is 8.00. The molecule has 1 amide bonds. The number of thioether (sulfide) groups is 1. The summed E-state index contributed by atoms with van der Waals surface area (Å²) in [7, 11) is 0. The summed E-state index contributed by atoms with van der Waals surface area (Å²) in [5.41, 5.74) is 2.18. The van der Waals surface area contributed by atoms with Gasteiger partial charge in [0.25, 0.3) is 0 Å². The molecule has 0 bridgehead atoms. The van der Waals surface area contributed by atoms with Gasteiger partial charge in [-0.15, -0.1) is 22.0 Å².